The molecule has 2 aromatic carbocycles. The number of carboxylic acids is 1. The standard InChI is InChI=1S/C21H21NO5/c1-12-5-4-6-15-13(7-8-14(12)15)9-20(23)22-17-11-19(27-3)18(26-2)10-16(17)21(24)25/h4-6,9-11H,7-8H2,1-3H3,(H,22,23)(H,24,25)/b13-9-. The van der Waals surface area contributed by atoms with E-state index in [4.69, 9.17) is 9.47 Å². The molecule has 0 aliphatic heterocycles. The van der Waals surface area contributed by atoms with Gasteiger partial charge in [0.1, 0.15) is 0 Å². The van der Waals surface area contributed by atoms with Crippen LogP contribution < -0.4 is 14.8 Å². The first kappa shape index (κ1) is 18.5. The normalized spacial score (nSPS) is 14.0. The number of nitrogens with one attached hydrogen (secondary N) is 1. The third-order valence-electron chi connectivity index (χ3n) is 4.72. The highest BCUT2D eigenvalue weighted by Gasteiger charge is 2.20. The number of benzene rings is 2. The largest absolute Gasteiger partial charge is 0.493 e. The lowest BCUT2D eigenvalue weighted by atomic mass is 10.0. The maximum atomic E-state index is 12.5. The van der Waals surface area contributed by atoms with Crippen LogP contribution in [0.15, 0.2) is 36.4 Å². The van der Waals surface area contributed by atoms with Gasteiger partial charge >= 0.3 is 5.97 Å². The van der Waals surface area contributed by atoms with Gasteiger partial charge in [-0.1, -0.05) is 18.2 Å². The molecule has 27 heavy (non-hydrogen) atoms. The van der Waals surface area contributed by atoms with Crippen molar-refractivity contribution in [1.82, 2.24) is 0 Å². The lowest BCUT2D eigenvalue weighted by Gasteiger charge is -2.13. The van der Waals surface area contributed by atoms with E-state index >= 15 is 0 Å². The molecule has 0 radical (unpaired) electrons. The highest BCUT2D eigenvalue weighted by Crippen LogP contribution is 2.35. The first-order valence-corrected chi connectivity index (χ1v) is 8.54. The van der Waals surface area contributed by atoms with Gasteiger partial charge in [0.05, 0.1) is 25.5 Å². The first-order chi connectivity index (χ1) is 12.9. The van der Waals surface area contributed by atoms with E-state index in [1.807, 2.05) is 12.1 Å². The molecule has 0 atom stereocenters. The second kappa shape index (κ2) is 7.53. The number of hydrogen-bond acceptors (Lipinski definition) is 4. The van der Waals surface area contributed by atoms with Crippen LogP contribution in [0.3, 0.4) is 0 Å². The number of ether oxygens (including phenoxy) is 2. The van der Waals surface area contributed by atoms with Crippen molar-refractivity contribution in [1.29, 1.82) is 0 Å². The predicted octanol–water partition coefficient (Wildman–Crippen LogP) is 3.68. The van der Waals surface area contributed by atoms with Gasteiger partial charge in [-0.15, -0.1) is 0 Å². The first-order valence-electron chi connectivity index (χ1n) is 8.54. The summed E-state index contributed by atoms with van der Waals surface area (Å²) in [6.45, 7) is 2.06. The summed E-state index contributed by atoms with van der Waals surface area (Å²) in [7, 11) is 2.87. The summed E-state index contributed by atoms with van der Waals surface area (Å²) in [4.78, 5) is 24.1. The van der Waals surface area contributed by atoms with E-state index < -0.39 is 5.97 Å². The molecule has 140 valence electrons. The Bertz CT molecular complexity index is 946. The smallest absolute Gasteiger partial charge is 0.337 e. The maximum absolute atomic E-state index is 12.5. The summed E-state index contributed by atoms with van der Waals surface area (Å²) in [6, 6.07) is 8.82. The second-order valence-corrected chi connectivity index (χ2v) is 6.32. The summed E-state index contributed by atoms with van der Waals surface area (Å²) in [6.07, 6.45) is 3.22. The zero-order chi connectivity index (χ0) is 19.6. The third-order valence-corrected chi connectivity index (χ3v) is 4.72. The molecule has 6 heteroatoms. The average molecular weight is 367 g/mol. The minimum atomic E-state index is -1.17. The molecule has 0 aromatic heterocycles. The Morgan fingerprint density at radius 2 is 1.81 bits per heavy atom. The van der Waals surface area contributed by atoms with Gasteiger partial charge in [0.25, 0.3) is 0 Å². The SMILES string of the molecule is COc1cc(NC(=O)/C=C2/CCc3c(C)cccc32)c(C(=O)O)cc1OC. The number of carboxylic acid groups (broad SMARTS) is 1. The lowest BCUT2D eigenvalue weighted by Crippen LogP contribution is -2.13. The number of anilines is 1. The van der Waals surface area contributed by atoms with Crippen LogP contribution in [-0.2, 0) is 11.2 Å². The number of allylic oxidation sites excluding steroid dienone is 1. The van der Waals surface area contributed by atoms with Crippen molar-refractivity contribution in [2.75, 3.05) is 19.5 Å². The van der Waals surface area contributed by atoms with E-state index in [-0.39, 0.29) is 22.9 Å². The van der Waals surface area contributed by atoms with Crippen LogP contribution in [0.5, 0.6) is 11.5 Å². The molecule has 0 saturated carbocycles. The summed E-state index contributed by atoms with van der Waals surface area (Å²) < 4.78 is 10.3. The Morgan fingerprint density at radius 1 is 1.11 bits per heavy atom. The zero-order valence-electron chi connectivity index (χ0n) is 15.5. The average Bonchev–Trinajstić information content (AvgIpc) is 3.05. The zero-order valence-corrected chi connectivity index (χ0v) is 15.5. The van der Waals surface area contributed by atoms with Crippen LogP contribution in [0, 0.1) is 6.92 Å². The second-order valence-electron chi connectivity index (χ2n) is 6.32. The molecule has 0 spiro atoms. The number of rotatable bonds is 5. The Hall–Kier alpha value is -3.28. The van der Waals surface area contributed by atoms with Gasteiger partial charge in [-0.05, 0) is 42.0 Å². The molecule has 6 nitrogen and oxygen atoms in total. The number of carbonyl (C=O) groups excluding carboxylic acids is 1. The quantitative estimate of drug-likeness (QED) is 0.788. The molecule has 0 saturated heterocycles. The van der Waals surface area contributed by atoms with E-state index in [0.717, 1.165) is 24.0 Å². The molecule has 3 rings (SSSR count). The van der Waals surface area contributed by atoms with Crippen molar-refractivity contribution in [2.45, 2.75) is 19.8 Å². The number of aromatic carboxylic acids is 1. The van der Waals surface area contributed by atoms with Gasteiger partial charge < -0.3 is 19.9 Å². The monoisotopic (exact) mass is 367 g/mol. The summed E-state index contributed by atoms with van der Waals surface area (Å²) in [5, 5.41) is 12.1. The summed E-state index contributed by atoms with van der Waals surface area (Å²) >= 11 is 0. The van der Waals surface area contributed by atoms with Crippen LogP contribution in [-0.4, -0.2) is 31.2 Å². The molecule has 2 aromatic rings. The molecular formula is C21H21NO5. The molecule has 1 amide bonds. The summed E-state index contributed by atoms with van der Waals surface area (Å²) in [5.41, 5.74) is 4.59. The van der Waals surface area contributed by atoms with E-state index in [1.54, 1.807) is 0 Å². The van der Waals surface area contributed by atoms with Gasteiger partial charge in [0.2, 0.25) is 5.91 Å². The Balaban J connectivity index is 1.91. The number of amides is 1. The van der Waals surface area contributed by atoms with Gasteiger partial charge in [0, 0.05) is 18.2 Å². The third kappa shape index (κ3) is 3.65. The topological polar surface area (TPSA) is 84.9 Å². The van der Waals surface area contributed by atoms with E-state index in [0.29, 0.717) is 5.75 Å². The van der Waals surface area contributed by atoms with Crippen molar-refractivity contribution in [3.63, 3.8) is 0 Å². The number of methoxy groups -OCH3 is 2. The van der Waals surface area contributed by atoms with E-state index in [2.05, 4.69) is 18.3 Å². The maximum Gasteiger partial charge on any atom is 0.337 e. The van der Waals surface area contributed by atoms with Gasteiger partial charge in [0.15, 0.2) is 11.5 Å². The van der Waals surface area contributed by atoms with Crippen molar-refractivity contribution >= 4 is 23.1 Å². The molecule has 0 bridgehead atoms. The van der Waals surface area contributed by atoms with E-state index in [9.17, 15) is 14.7 Å². The molecule has 1 aliphatic rings. The van der Waals surface area contributed by atoms with E-state index in [1.165, 1.54) is 43.6 Å². The Labute approximate surface area is 157 Å². The molecule has 1 aliphatic carbocycles. The number of fused-ring (bicyclic) bond motifs is 1. The minimum Gasteiger partial charge on any atom is -0.493 e. The number of aryl methyl sites for hydroxylation is 1. The predicted molar refractivity (Wildman–Crippen MR) is 103 cm³/mol. The van der Waals surface area contributed by atoms with Crippen LogP contribution in [0.4, 0.5) is 5.69 Å². The van der Waals surface area contributed by atoms with Crippen LogP contribution in [0.2, 0.25) is 0 Å². The minimum absolute atomic E-state index is 0.0675. The molecular weight excluding hydrogens is 346 g/mol. The van der Waals surface area contributed by atoms with Crippen molar-refractivity contribution < 1.29 is 24.2 Å². The number of hydrogen-bond donors (Lipinski definition) is 2. The van der Waals surface area contributed by atoms with Gasteiger partial charge in [-0.2, -0.15) is 0 Å². The summed E-state index contributed by atoms with van der Waals surface area (Å²) in [5.74, 6) is -0.923. The Kier molecular flexibility index (Phi) is 5.16. The van der Waals surface area contributed by atoms with Crippen LogP contribution in [0.1, 0.15) is 33.5 Å². The molecule has 0 fully saturated rings. The highest BCUT2D eigenvalue weighted by atomic mass is 16.5. The van der Waals surface area contributed by atoms with Crippen molar-refractivity contribution in [3.05, 3.63) is 58.7 Å². The molecule has 0 unspecified atom stereocenters. The van der Waals surface area contributed by atoms with Crippen molar-refractivity contribution in [3.8, 4) is 11.5 Å². The lowest BCUT2D eigenvalue weighted by molar-refractivity contribution is -0.111. The van der Waals surface area contributed by atoms with Crippen molar-refractivity contribution in [2.24, 2.45) is 0 Å². The Morgan fingerprint density at radius 3 is 2.48 bits per heavy atom. The highest BCUT2D eigenvalue weighted by molar-refractivity contribution is 6.08. The fourth-order valence-corrected chi connectivity index (χ4v) is 3.37. The van der Waals surface area contributed by atoms with Gasteiger partial charge in [-0.25, -0.2) is 4.79 Å². The van der Waals surface area contributed by atoms with Gasteiger partial charge in [-0.3, -0.25) is 4.79 Å². The molecule has 0 heterocycles. The fourth-order valence-electron chi connectivity index (χ4n) is 3.37. The molecule has 2 N–H and O–H groups in total. The van der Waals surface area contributed by atoms with Crippen LogP contribution >= 0.6 is 0 Å². The van der Waals surface area contributed by atoms with Crippen LogP contribution in [0.25, 0.3) is 5.57 Å². The fraction of sp³-hybridized carbons (Fsp3) is 0.238. The number of carbonyl (C=O) groups is 2.